The van der Waals surface area contributed by atoms with Gasteiger partial charge < -0.3 is 14.5 Å². The molecule has 154 valence electrons. The fourth-order valence-electron chi connectivity index (χ4n) is 3.79. The summed E-state index contributed by atoms with van der Waals surface area (Å²) in [4.78, 5) is 27.5. The molecule has 29 heavy (non-hydrogen) atoms. The Kier molecular flexibility index (Phi) is 6.82. The Labute approximate surface area is 171 Å². The van der Waals surface area contributed by atoms with Crippen LogP contribution in [0.15, 0.2) is 48.5 Å². The number of amides is 1. The predicted octanol–water partition coefficient (Wildman–Crippen LogP) is 3.38. The second kappa shape index (κ2) is 9.52. The van der Waals surface area contributed by atoms with Gasteiger partial charge in [-0.1, -0.05) is 30.3 Å². The Hall–Kier alpha value is -2.93. The molecule has 7 heteroatoms. The monoisotopic (exact) mass is 397 g/mol. The van der Waals surface area contributed by atoms with Crippen LogP contribution in [0.25, 0.3) is 0 Å². The molecule has 1 aliphatic heterocycles. The first-order chi connectivity index (χ1) is 14.0. The van der Waals surface area contributed by atoms with Crippen molar-refractivity contribution in [1.82, 2.24) is 9.80 Å². The maximum absolute atomic E-state index is 12.8. The number of nitro benzene ring substituents is 1. The smallest absolute Gasteiger partial charge is 0.310 e. The second-order valence-electron chi connectivity index (χ2n) is 7.38. The summed E-state index contributed by atoms with van der Waals surface area (Å²) in [6.45, 7) is 2.35. The lowest BCUT2D eigenvalue weighted by molar-refractivity contribution is -0.385. The van der Waals surface area contributed by atoms with Crippen LogP contribution in [0.4, 0.5) is 5.69 Å². The SMILES string of the molecule is COc1cc(C(=O)N2CCC(N(C)CCc3ccccc3)CC2)ccc1[N+](=O)[O-]. The number of carbonyl (C=O) groups excluding carboxylic acids is 1. The molecule has 2 aromatic rings. The highest BCUT2D eigenvalue weighted by Crippen LogP contribution is 2.28. The molecule has 1 amide bonds. The van der Waals surface area contributed by atoms with E-state index in [1.54, 1.807) is 0 Å². The molecular weight excluding hydrogens is 370 g/mol. The molecule has 1 saturated heterocycles. The molecular formula is C22H27N3O4. The van der Waals surface area contributed by atoms with Gasteiger partial charge in [0.05, 0.1) is 12.0 Å². The Morgan fingerprint density at radius 2 is 1.90 bits per heavy atom. The largest absolute Gasteiger partial charge is 0.490 e. The maximum Gasteiger partial charge on any atom is 0.310 e. The quantitative estimate of drug-likeness (QED) is 0.529. The van der Waals surface area contributed by atoms with Gasteiger partial charge in [0.1, 0.15) is 0 Å². The van der Waals surface area contributed by atoms with Crippen LogP contribution in [0.5, 0.6) is 5.75 Å². The number of nitro groups is 1. The van der Waals surface area contributed by atoms with E-state index < -0.39 is 4.92 Å². The average Bonchev–Trinajstić information content (AvgIpc) is 2.77. The minimum atomic E-state index is -0.510. The Balaban J connectivity index is 1.54. The second-order valence-corrected chi connectivity index (χ2v) is 7.38. The Bertz CT molecular complexity index is 848. The average molecular weight is 397 g/mol. The number of likely N-dealkylation sites (N-methyl/N-ethyl adjacent to an activating group) is 1. The van der Waals surface area contributed by atoms with Crippen molar-refractivity contribution in [3.05, 3.63) is 69.8 Å². The number of hydrogen-bond acceptors (Lipinski definition) is 5. The first-order valence-electron chi connectivity index (χ1n) is 9.85. The number of rotatable bonds is 7. The van der Waals surface area contributed by atoms with E-state index in [0.29, 0.717) is 24.7 Å². The summed E-state index contributed by atoms with van der Waals surface area (Å²) in [7, 11) is 3.51. The zero-order chi connectivity index (χ0) is 20.8. The number of likely N-dealkylation sites (tertiary alicyclic amines) is 1. The normalized spacial score (nSPS) is 14.8. The van der Waals surface area contributed by atoms with Crippen LogP contribution in [0.3, 0.4) is 0 Å². The molecule has 0 bridgehead atoms. The third-order valence-corrected chi connectivity index (χ3v) is 5.59. The minimum Gasteiger partial charge on any atom is -0.490 e. The van der Waals surface area contributed by atoms with E-state index in [2.05, 4.69) is 36.2 Å². The Morgan fingerprint density at radius 1 is 1.21 bits per heavy atom. The highest BCUT2D eigenvalue weighted by Gasteiger charge is 2.27. The minimum absolute atomic E-state index is 0.108. The third-order valence-electron chi connectivity index (χ3n) is 5.59. The van der Waals surface area contributed by atoms with Crippen LogP contribution in [0.2, 0.25) is 0 Å². The summed E-state index contributed by atoms with van der Waals surface area (Å²) < 4.78 is 5.08. The summed E-state index contributed by atoms with van der Waals surface area (Å²) in [5, 5.41) is 11.0. The van der Waals surface area contributed by atoms with Crippen LogP contribution < -0.4 is 4.74 Å². The van der Waals surface area contributed by atoms with Gasteiger partial charge in [-0.2, -0.15) is 0 Å². The summed E-state index contributed by atoms with van der Waals surface area (Å²) in [5.74, 6) is -0.0000298. The summed E-state index contributed by atoms with van der Waals surface area (Å²) in [5.41, 5.74) is 1.62. The summed E-state index contributed by atoms with van der Waals surface area (Å²) >= 11 is 0. The Morgan fingerprint density at radius 3 is 2.52 bits per heavy atom. The molecule has 2 aromatic carbocycles. The third kappa shape index (κ3) is 5.12. The molecule has 3 rings (SSSR count). The lowest BCUT2D eigenvalue weighted by Crippen LogP contribution is -2.46. The van der Waals surface area contributed by atoms with E-state index in [-0.39, 0.29) is 17.3 Å². The van der Waals surface area contributed by atoms with Gasteiger partial charge in [0, 0.05) is 43.4 Å². The number of piperidine rings is 1. The van der Waals surface area contributed by atoms with Gasteiger partial charge >= 0.3 is 5.69 Å². The zero-order valence-corrected chi connectivity index (χ0v) is 16.9. The fraction of sp³-hybridized carbons (Fsp3) is 0.409. The highest BCUT2D eigenvalue weighted by molar-refractivity contribution is 5.95. The van der Waals surface area contributed by atoms with Crippen molar-refractivity contribution in [3.63, 3.8) is 0 Å². The molecule has 1 fully saturated rings. The molecule has 0 spiro atoms. The van der Waals surface area contributed by atoms with Crippen molar-refractivity contribution in [3.8, 4) is 5.75 Å². The van der Waals surface area contributed by atoms with Gasteiger partial charge in [0.25, 0.3) is 5.91 Å². The van der Waals surface area contributed by atoms with Gasteiger partial charge in [-0.25, -0.2) is 0 Å². The molecule has 7 nitrogen and oxygen atoms in total. The number of methoxy groups -OCH3 is 1. The van der Waals surface area contributed by atoms with E-state index in [1.165, 1.54) is 30.9 Å². The molecule has 1 heterocycles. The van der Waals surface area contributed by atoms with E-state index in [4.69, 9.17) is 4.74 Å². The molecule has 1 aliphatic rings. The number of hydrogen-bond donors (Lipinski definition) is 0. The van der Waals surface area contributed by atoms with Crippen LogP contribution in [-0.4, -0.2) is 60.5 Å². The lowest BCUT2D eigenvalue weighted by Gasteiger charge is -2.37. The van der Waals surface area contributed by atoms with Crippen molar-refractivity contribution < 1.29 is 14.5 Å². The molecule has 0 saturated carbocycles. The van der Waals surface area contributed by atoms with Crippen molar-refractivity contribution in [2.45, 2.75) is 25.3 Å². The van der Waals surface area contributed by atoms with Crippen molar-refractivity contribution in [2.24, 2.45) is 0 Å². The van der Waals surface area contributed by atoms with E-state index in [0.717, 1.165) is 25.8 Å². The van der Waals surface area contributed by atoms with Gasteiger partial charge in [0.2, 0.25) is 0 Å². The van der Waals surface area contributed by atoms with E-state index >= 15 is 0 Å². The van der Waals surface area contributed by atoms with Gasteiger partial charge in [-0.05, 0) is 37.9 Å². The van der Waals surface area contributed by atoms with Crippen LogP contribution >= 0.6 is 0 Å². The van der Waals surface area contributed by atoms with Crippen LogP contribution in [0.1, 0.15) is 28.8 Å². The number of carbonyl (C=O) groups is 1. The van der Waals surface area contributed by atoms with Crippen molar-refractivity contribution in [2.75, 3.05) is 33.8 Å². The molecule has 0 radical (unpaired) electrons. The molecule has 0 aliphatic carbocycles. The van der Waals surface area contributed by atoms with Gasteiger partial charge in [0.15, 0.2) is 5.75 Å². The fourth-order valence-corrected chi connectivity index (χ4v) is 3.79. The van der Waals surface area contributed by atoms with E-state index in [9.17, 15) is 14.9 Å². The first-order valence-corrected chi connectivity index (χ1v) is 9.85. The van der Waals surface area contributed by atoms with Gasteiger partial charge in [-0.3, -0.25) is 14.9 Å². The predicted molar refractivity (Wildman–Crippen MR) is 111 cm³/mol. The summed E-state index contributed by atoms with van der Waals surface area (Å²) in [6, 6.07) is 15.2. The molecule has 0 atom stereocenters. The van der Waals surface area contributed by atoms with Crippen LogP contribution in [0, 0.1) is 10.1 Å². The van der Waals surface area contributed by atoms with Crippen LogP contribution in [-0.2, 0) is 6.42 Å². The van der Waals surface area contributed by atoms with E-state index in [1.807, 2.05) is 11.0 Å². The van der Waals surface area contributed by atoms with Gasteiger partial charge in [-0.15, -0.1) is 0 Å². The zero-order valence-electron chi connectivity index (χ0n) is 16.9. The standard InChI is InChI=1S/C22H27N3O4/c1-23(13-10-17-6-4-3-5-7-17)19-11-14-24(15-12-19)22(26)18-8-9-20(25(27)28)21(16-18)29-2/h3-9,16,19H,10-15H2,1-2H3. The summed E-state index contributed by atoms with van der Waals surface area (Å²) in [6.07, 6.45) is 2.85. The number of ether oxygens (including phenoxy) is 1. The lowest BCUT2D eigenvalue weighted by atomic mass is 10.0. The molecule has 0 N–H and O–H groups in total. The number of benzene rings is 2. The molecule has 0 aromatic heterocycles. The first kappa shape index (κ1) is 20.8. The highest BCUT2D eigenvalue weighted by atomic mass is 16.6. The van der Waals surface area contributed by atoms with Crippen molar-refractivity contribution in [1.29, 1.82) is 0 Å². The topological polar surface area (TPSA) is 75.9 Å². The van der Waals surface area contributed by atoms with Crippen molar-refractivity contribution >= 4 is 11.6 Å². The number of nitrogens with zero attached hydrogens (tertiary/aromatic N) is 3. The molecule has 0 unspecified atom stereocenters. The maximum atomic E-state index is 12.8.